The van der Waals surface area contributed by atoms with Gasteiger partial charge in [0.2, 0.25) is 5.91 Å². The Kier molecular flexibility index (Phi) is 6.97. The predicted molar refractivity (Wildman–Crippen MR) is 110 cm³/mol. The molecule has 0 fully saturated rings. The Morgan fingerprint density at radius 1 is 1.24 bits per heavy atom. The molecule has 1 amide bonds. The topological polar surface area (TPSA) is 127 Å². The maximum absolute atomic E-state index is 12.4. The first kappa shape index (κ1) is 23.7. The van der Waals surface area contributed by atoms with Crippen LogP contribution < -0.4 is 10.1 Å². The molecule has 0 aliphatic rings. The molecule has 1 aromatic carbocycles. The standard InChI is InChI=1S/C21H19F3N4O5/c1-2-17(30)26-11-16-18-14(15(8-10-29)20(31)32)7-9-25-19(18)28(27-16)12-3-5-13(6-4-12)33-21(22,23)24/h2-7,9,15,29H,1,8,10-11H2,(H,26,30)(H,31,32). The van der Waals surface area contributed by atoms with Crippen molar-refractivity contribution in [2.24, 2.45) is 0 Å². The zero-order chi connectivity index (χ0) is 24.2. The quantitative estimate of drug-likeness (QED) is 0.416. The van der Waals surface area contributed by atoms with E-state index >= 15 is 0 Å². The van der Waals surface area contributed by atoms with Gasteiger partial charge in [0, 0.05) is 18.2 Å². The van der Waals surface area contributed by atoms with Crippen LogP contribution >= 0.6 is 0 Å². The third kappa shape index (κ3) is 5.47. The van der Waals surface area contributed by atoms with E-state index in [-0.39, 0.29) is 30.9 Å². The van der Waals surface area contributed by atoms with E-state index in [9.17, 15) is 33.0 Å². The second-order valence-corrected chi connectivity index (χ2v) is 6.82. The molecule has 0 radical (unpaired) electrons. The number of rotatable bonds is 9. The van der Waals surface area contributed by atoms with E-state index in [1.807, 2.05) is 0 Å². The summed E-state index contributed by atoms with van der Waals surface area (Å²) in [5, 5.41) is 26.3. The number of halogens is 3. The normalized spacial score (nSPS) is 12.4. The van der Waals surface area contributed by atoms with E-state index in [0.717, 1.165) is 18.2 Å². The van der Waals surface area contributed by atoms with Gasteiger partial charge in [-0.1, -0.05) is 6.58 Å². The minimum Gasteiger partial charge on any atom is -0.481 e. The number of aliphatic hydroxyl groups is 1. The lowest BCUT2D eigenvalue weighted by Crippen LogP contribution is -2.21. The highest BCUT2D eigenvalue weighted by Gasteiger charge is 2.31. The Bertz CT molecular complexity index is 1180. The SMILES string of the molecule is C=CC(=O)NCc1nn(-c2ccc(OC(F)(F)F)cc2)c2nccc(C(CCO)C(=O)O)c12. The summed E-state index contributed by atoms with van der Waals surface area (Å²) in [4.78, 5) is 27.8. The molecular weight excluding hydrogens is 445 g/mol. The zero-order valence-electron chi connectivity index (χ0n) is 17.0. The van der Waals surface area contributed by atoms with Crippen molar-refractivity contribution in [3.8, 4) is 11.4 Å². The molecule has 9 nitrogen and oxygen atoms in total. The molecular formula is C21H19F3N4O5. The Labute approximate surface area is 185 Å². The van der Waals surface area contributed by atoms with E-state index < -0.39 is 29.9 Å². The Hall–Kier alpha value is -3.93. The van der Waals surface area contributed by atoms with E-state index in [1.165, 1.54) is 29.1 Å². The summed E-state index contributed by atoms with van der Waals surface area (Å²) >= 11 is 0. The molecule has 0 saturated heterocycles. The third-order valence-electron chi connectivity index (χ3n) is 4.69. The first-order valence-corrected chi connectivity index (χ1v) is 9.61. The van der Waals surface area contributed by atoms with Crippen molar-refractivity contribution in [1.82, 2.24) is 20.1 Å². The van der Waals surface area contributed by atoms with Crippen LogP contribution in [-0.4, -0.2) is 49.8 Å². The van der Waals surface area contributed by atoms with E-state index in [1.54, 1.807) is 0 Å². The minimum atomic E-state index is -4.84. The number of ether oxygens (including phenoxy) is 1. The van der Waals surface area contributed by atoms with Crippen molar-refractivity contribution in [2.45, 2.75) is 25.2 Å². The number of alkyl halides is 3. The van der Waals surface area contributed by atoms with Gasteiger partial charge in [0.25, 0.3) is 0 Å². The zero-order valence-corrected chi connectivity index (χ0v) is 17.0. The number of carboxylic acids is 1. The molecule has 2 aromatic heterocycles. The van der Waals surface area contributed by atoms with Crippen molar-refractivity contribution < 1.29 is 37.7 Å². The average Bonchev–Trinajstić information content (AvgIpc) is 3.14. The molecule has 0 aliphatic carbocycles. The predicted octanol–water partition coefficient (Wildman–Crippen LogP) is 2.67. The number of carbonyl (C=O) groups is 2. The number of carboxylic acid groups (broad SMARTS) is 1. The lowest BCUT2D eigenvalue weighted by atomic mass is 9.93. The summed E-state index contributed by atoms with van der Waals surface area (Å²) in [6, 6.07) is 6.35. The van der Waals surface area contributed by atoms with Gasteiger partial charge in [-0.2, -0.15) is 5.10 Å². The lowest BCUT2D eigenvalue weighted by molar-refractivity contribution is -0.274. The second-order valence-electron chi connectivity index (χ2n) is 6.82. The monoisotopic (exact) mass is 464 g/mol. The number of fused-ring (bicyclic) bond motifs is 1. The van der Waals surface area contributed by atoms with Crippen LogP contribution in [0.1, 0.15) is 23.6 Å². The fourth-order valence-electron chi connectivity index (χ4n) is 3.31. The van der Waals surface area contributed by atoms with Gasteiger partial charge >= 0.3 is 12.3 Å². The molecule has 0 bridgehead atoms. The van der Waals surface area contributed by atoms with Crippen LogP contribution in [0, 0.1) is 0 Å². The number of pyridine rings is 1. The summed E-state index contributed by atoms with van der Waals surface area (Å²) in [6.45, 7) is 2.90. The van der Waals surface area contributed by atoms with Gasteiger partial charge in [0.15, 0.2) is 5.65 Å². The summed E-state index contributed by atoms with van der Waals surface area (Å²) in [7, 11) is 0. The molecule has 1 unspecified atom stereocenters. The van der Waals surface area contributed by atoms with Crippen LogP contribution in [0.15, 0.2) is 49.2 Å². The number of hydrogen-bond acceptors (Lipinski definition) is 6. The van der Waals surface area contributed by atoms with E-state index in [0.29, 0.717) is 16.6 Å². The third-order valence-corrected chi connectivity index (χ3v) is 4.69. The average molecular weight is 464 g/mol. The van der Waals surface area contributed by atoms with Gasteiger partial charge in [0.05, 0.1) is 23.8 Å². The number of aliphatic carboxylic acids is 1. The summed E-state index contributed by atoms with van der Waals surface area (Å²) in [5.41, 5.74) is 1.16. The smallest absolute Gasteiger partial charge is 0.481 e. The molecule has 3 aromatic rings. The highest BCUT2D eigenvalue weighted by molar-refractivity contribution is 5.90. The number of hydrogen-bond donors (Lipinski definition) is 3. The van der Waals surface area contributed by atoms with Crippen LogP contribution in [0.5, 0.6) is 5.75 Å². The van der Waals surface area contributed by atoms with E-state index in [2.05, 4.69) is 26.7 Å². The van der Waals surface area contributed by atoms with Crippen molar-refractivity contribution in [3.63, 3.8) is 0 Å². The molecule has 3 N–H and O–H groups in total. The number of nitrogens with one attached hydrogen (secondary N) is 1. The fourth-order valence-corrected chi connectivity index (χ4v) is 3.31. The number of aliphatic hydroxyl groups excluding tert-OH is 1. The number of benzene rings is 1. The first-order valence-electron chi connectivity index (χ1n) is 9.61. The first-order chi connectivity index (χ1) is 15.6. The molecule has 33 heavy (non-hydrogen) atoms. The lowest BCUT2D eigenvalue weighted by Gasteiger charge is -2.13. The molecule has 3 rings (SSSR count). The number of amides is 1. The van der Waals surface area contributed by atoms with Crippen molar-refractivity contribution in [1.29, 1.82) is 0 Å². The summed E-state index contributed by atoms with van der Waals surface area (Å²) in [6.07, 6.45) is -2.48. The van der Waals surface area contributed by atoms with Crippen LogP contribution in [0.3, 0.4) is 0 Å². The maximum atomic E-state index is 12.4. The number of aromatic nitrogens is 3. The molecule has 0 aliphatic heterocycles. The van der Waals surface area contributed by atoms with Crippen molar-refractivity contribution >= 4 is 22.9 Å². The number of carbonyl (C=O) groups excluding carboxylic acids is 1. The Morgan fingerprint density at radius 3 is 2.52 bits per heavy atom. The van der Waals surface area contributed by atoms with Gasteiger partial charge in [-0.3, -0.25) is 9.59 Å². The Balaban J connectivity index is 2.14. The maximum Gasteiger partial charge on any atom is 0.573 e. The van der Waals surface area contributed by atoms with Gasteiger partial charge in [0.1, 0.15) is 5.75 Å². The van der Waals surface area contributed by atoms with E-state index in [4.69, 9.17) is 0 Å². The van der Waals surface area contributed by atoms with Gasteiger partial charge in [-0.25, -0.2) is 9.67 Å². The van der Waals surface area contributed by atoms with Crippen LogP contribution in [0.25, 0.3) is 16.7 Å². The molecule has 2 heterocycles. The summed E-state index contributed by atoms with van der Waals surface area (Å²) < 4.78 is 42.5. The van der Waals surface area contributed by atoms with Crippen LogP contribution in [0.4, 0.5) is 13.2 Å². The van der Waals surface area contributed by atoms with Crippen LogP contribution in [0.2, 0.25) is 0 Å². The highest BCUT2D eigenvalue weighted by Crippen LogP contribution is 2.32. The Morgan fingerprint density at radius 2 is 1.94 bits per heavy atom. The molecule has 1 atom stereocenters. The van der Waals surface area contributed by atoms with Gasteiger partial charge < -0.3 is 20.3 Å². The van der Waals surface area contributed by atoms with Crippen molar-refractivity contribution in [2.75, 3.05) is 6.61 Å². The second kappa shape index (κ2) is 9.69. The molecule has 12 heteroatoms. The molecule has 0 saturated carbocycles. The highest BCUT2D eigenvalue weighted by atomic mass is 19.4. The minimum absolute atomic E-state index is 0.0679. The molecule has 0 spiro atoms. The molecule has 174 valence electrons. The fraction of sp³-hybridized carbons (Fsp3) is 0.238. The van der Waals surface area contributed by atoms with Gasteiger partial charge in [-0.05, 0) is 48.4 Å². The van der Waals surface area contributed by atoms with Crippen molar-refractivity contribution in [3.05, 3.63) is 60.4 Å². The van der Waals surface area contributed by atoms with Crippen LogP contribution in [-0.2, 0) is 16.1 Å². The summed E-state index contributed by atoms with van der Waals surface area (Å²) in [5.74, 6) is -3.15. The largest absolute Gasteiger partial charge is 0.573 e. The number of nitrogens with zero attached hydrogens (tertiary/aromatic N) is 3. The van der Waals surface area contributed by atoms with Gasteiger partial charge in [-0.15, -0.1) is 13.2 Å².